The number of nitrogens with one attached hydrogen (secondary N) is 1. The first-order valence-corrected chi connectivity index (χ1v) is 7.44. The number of hydrogen-bond donors (Lipinski definition) is 1. The van der Waals surface area contributed by atoms with Crippen LogP contribution in [0.4, 0.5) is 4.39 Å². The van der Waals surface area contributed by atoms with E-state index in [1.165, 1.54) is 6.07 Å². The van der Waals surface area contributed by atoms with Crippen molar-refractivity contribution in [2.45, 2.75) is 39.2 Å². The Bertz CT molecular complexity index is 693. The van der Waals surface area contributed by atoms with E-state index in [1.807, 2.05) is 6.07 Å². The van der Waals surface area contributed by atoms with Crippen molar-refractivity contribution >= 4 is 16.7 Å². The van der Waals surface area contributed by atoms with Gasteiger partial charge in [0, 0.05) is 17.0 Å². The van der Waals surface area contributed by atoms with Gasteiger partial charge >= 0.3 is 0 Å². The summed E-state index contributed by atoms with van der Waals surface area (Å²) < 4.78 is 13.8. The minimum Gasteiger partial charge on any atom is -0.349 e. The minimum atomic E-state index is -0.288. The molecular weight excluding hydrogens is 265 g/mol. The normalized spacial score (nSPS) is 20.6. The summed E-state index contributed by atoms with van der Waals surface area (Å²) in [6.07, 6.45) is 3.14. The van der Waals surface area contributed by atoms with E-state index in [0.29, 0.717) is 21.8 Å². The fourth-order valence-corrected chi connectivity index (χ4v) is 3.28. The third-order valence-electron chi connectivity index (χ3n) is 4.42. The molecule has 110 valence electrons. The van der Waals surface area contributed by atoms with Crippen molar-refractivity contribution in [2.24, 2.45) is 5.41 Å². The Hall–Kier alpha value is -1.90. The van der Waals surface area contributed by atoms with Crippen molar-refractivity contribution in [2.75, 3.05) is 0 Å². The predicted molar refractivity (Wildman–Crippen MR) is 82.8 cm³/mol. The molecule has 2 aromatic rings. The average Bonchev–Trinajstić information content (AvgIpc) is 2.78. The van der Waals surface area contributed by atoms with Gasteiger partial charge in [-0.1, -0.05) is 38.1 Å². The Morgan fingerprint density at radius 2 is 1.90 bits per heavy atom. The van der Waals surface area contributed by atoms with Gasteiger partial charge in [0.15, 0.2) is 0 Å². The van der Waals surface area contributed by atoms with Gasteiger partial charge in [0.05, 0.1) is 0 Å². The molecule has 0 saturated heterocycles. The van der Waals surface area contributed by atoms with Gasteiger partial charge in [-0.15, -0.1) is 0 Å². The lowest BCUT2D eigenvalue weighted by molar-refractivity contribution is 0.0937. The monoisotopic (exact) mass is 285 g/mol. The highest BCUT2D eigenvalue weighted by Crippen LogP contribution is 2.37. The number of carbonyl (C=O) groups excluding carboxylic acids is 1. The van der Waals surface area contributed by atoms with E-state index < -0.39 is 0 Å². The summed E-state index contributed by atoms with van der Waals surface area (Å²) in [4.78, 5) is 12.5. The van der Waals surface area contributed by atoms with Crippen LogP contribution in [0.3, 0.4) is 0 Å². The van der Waals surface area contributed by atoms with Gasteiger partial charge < -0.3 is 5.32 Å². The summed E-state index contributed by atoms with van der Waals surface area (Å²) in [5.74, 6) is -0.391. The van der Waals surface area contributed by atoms with Gasteiger partial charge in [0.2, 0.25) is 0 Å². The quantitative estimate of drug-likeness (QED) is 0.876. The molecule has 1 unspecified atom stereocenters. The molecule has 1 aliphatic carbocycles. The molecule has 0 radical (unpaired) electrons. The molecular formula is C18H20FNO. The first kappa shape index (κ1) is 14.1. The van der Waals surface area contributed by atoms with Crippen molar-refractivity contribution in [1.82, 2.24) is 5.32 Å². The zero-order valence-electron chi connectivity index (χ0n) is 12.4. The van der Waals surface area contributed by atoms with Crippen LogP contribution in [0.1, 0.15) is 43.5 Å². The highest BCUT2D eigenvalue weighted by molar-refractivity contribution is 6.07. The molecule has 1 amide bonds. The third kappa shape index (κ3) is 2.78. The summed E-state index contributed by atoms with van der Waals surface area (Å²) >= 11 is 0. The van der Waals surface area contributed by atoms with Gasteiger partial charge in [0.25, 0.3) is 5.91 Å². The molecule has 1 N–H and O–H groups in total. The Balaban J connectivity index is 1.87. The van der Waals surface area contributed by atoms with Gasteiger partial charge in [-0.2, -0.15) is 0 Å². The molecule has 2 aromatic carbocycles. The summed E-state index contributed by atoms with van der Waals surface area (Å²) in [5.41, 5.74) is 0.847. The molecule has 21 heavy (non-hydrogen) atoms. The van der Waals surface area contributed by atoms with Gasteiger partial charge in [-0.3, -0.25) is 4.79 Å². The molecule has 0 aromatic heterocycles. The number of rotatable bonds is 2. The largest absolute Gasteiger partial charge is 0.349 e. The van der Waals surface area contributed by atoms with Gasteiger partial charge in [0.1, 0.15) is 5.82 Å². The molecule has 2 nitrogen and oxygen atoms in total. The zero-order valence-corrected chi connectivity index (χ0v) is 12.4. The number of benzene rings is 2. The molecule has 0 heterocycles. The molecule has 3 rings (SSSR count). The molecule has 1 fully saturated rings. The Morgan fingerprint density at radius 3 is 2.57 bits per heavy atom. The summed E-state index contributed by atoms with van der Waals surface area (Å²) in [6, 6.07) is 10.3. The van der Waals surface area contributed by atoms with Crippen LogP contribution in [0.15, 0.2) is 36.4 Å². The average molecular weight is 285 g/mol. The van der Waals surface area contributed by atoms with Crippen molar-refractivity contribution < 1.29 is 9.18 Å². The van der Waals surface area contributed by atoms with E-state index in [9.17, 15) is 9.18 Å². The molecule has 0 aliphatic heterocycles. The summed E-state index contributed by atoms with van der Waals surface area (Å²) in [6.45, 7) is 4.46. The predicted octanol–water partition coefficient (Wildman–Crippen LogP) is 4.29. The van der Waals surface area contributed by atoms with E-state index in [4.69, 9.17) is 0 Å². The van der Waals surface area contributed by atoms with E-state index in [1.54, 1.807) is 24.3 Å². The summed E-state index contributed by atoms with van der Waals surface area (Å²) in [5, 5.41) is 4.27. The fraction of sp³-hybridized carbons (Fsp3) is 0.389. The van der Waals surface area contributed by atoms with Crippen molar-refractivity contribution in [3.63, 3.8) is 0 Å². The van der Waals surface area contributed by atoms with E-state index in [2.05, 4.69) is 19.2 Å². The maximum atomic E-state index is 13.8. The van der Waals surface area contributed by atoms with Gasteiger partial charge in [-0.05, 0) is 42.2 Å². The lowest BCUT2D eigenvalue weighted by Gasteiger charge is -2.18. The molecule has 3 heteroatoms. The molecule has 1 aliphatic rings. The van der Waals surface area contributed by atoms with Crippen molar-refractivity contribution in [3.8, 4) is 0 Å². The van der Waals surface area contributed by atoms with Crippen molar-refractivity contribution in [1.29, 1.82) is 0 Å². The third-order valence-corrected chi connectivity index (χ3v) is 4.42. The highest BCUT2D eigenvalue weighted by Gasteiger charge is 2.32. The zero-order chi connectivity index (χ0) is 15.0. The number of carbonyl (C=O) groups is 1. The topological polar surface area (TPSA) is 29.1 Å². The first-order valence-electron chi connectivity index (χ1n) is 7.44. The van der Waals surface area contributed by atoms with Crippen LogP contribution < -0.4 is 5.32 Å². The highest BCUT2D eigenvalue weighted by atomic mass is 19.1. The Kier molecular flexibility index (Phi) is 3.44. The standard InChI is InChI=1S/C18H20FNO/c1-18(2)10-9-12(11-18)20-17(21)15-7-8-16(19)14-6-4-3-5-13(14)15/h3-8,12H,9-11H2,1-2H3,(H,20,21). The fourth-order valence-electron chi connectivity index (χ4n) is 3.28. The number of halogens is 1. The summed E-state index contributed by atoms with van der Waals surface area (Å²) in [7, 11) is 0. The van der Waals surface area contributed by atoms with Crippen molar-refractivity contribution in [3.05, 3.63) is 47.8 Å². The van der Waals surface area contributed by atoms with Gasteiger partial charge in [-0.25, -0.2) is 4.39 Å². The second-order valence-corrected chi connectivity index (χ2v) is 6.72. The smallest absolute Gasteiger partial charge is 0.252 e. The number of fused-ring (bicyclic) bond motifs is 1. The lowest BCUT2D eigenvalue weighted by Crippen LogP contribution is -2.33. The Morgan fingerprint density at radius 1 is 1.19 bits per heavy atom. The molecule has 1 saturated carbocycles. The van der Waals surface area contributed by atoms with E-state index >= 15 is 0 Å². The second kappa shape index (κ2) is 5.14. The van der Waals surface area contributed by atoms with Crippen LogP contribution in [0.5, 0.6) is 0 Å². The second-order valence-electron chi connectivity index (χ2n) is 6.72. The lowest BCUT2D eigenvalue weighted by atomic mass is 9.92. The van der Waals surface area contributed by atoms with Crippen LogP contribution in [0.25, 0.3) is 10.8 Å². The Labute approximate surface area is 124 Å². The number of hydrogen-bond acceptors (Lipinski definition) is 1. The van der Waals surface area contributed by atoms with E-state index in [-0.39, 0.29) is 17.8 Å². The maximum Gasteiger partial charge on any atom is 0.252 e. The van der Waals surface area contributed by atoms with Crippen LogP contribution >= 0.6 is 0 Å². The maximum absolute atomic E-state index is 13.8. The number of amides is 1. The minimum absolute atomic E-state index is 0.103. The van der Waals surface area contributed by atoms with Crippen LogP contribution in [-0.2, 0) is 0 Å². The first-order chi connectivity index (χ1) is 9.96. The SMILES string of the molecule is CC1(C)CCC(NC(=O)c2ccc(F)c3ccccc23)C1. The molecule has 0 spiro atoms. The van der Waals surface area contributed by atoms with Crippen LogP contribution in [0.2, 0.25) is 0 Å². The van der Waals surface area contributed by atoms with Crippen LogP contribution in [-0.4, -0.2) is 11.9 Å². The van der Waals surface area contributed by atoms with Crippen LogP contribution in [0, 0.1) is 11.2 Å². The van der Waals surface area contributed by atoms with E-state index in [0.717, 1.165) is 19.3 Å². The molecule has 0 bridgehead atoms. The molecule has 1 atom stereocenters.